The van der Waals surface area contributed by atoms with Crippen LogP contribution < -0.4 is 10.6 Å². The average Bonchev–Trinajstić information content (AvgIpc) is 2.74. The predicted molar refractivity (Wildman–Crippen MR) is 107 cm³/mol. The fourth-order valence-corrected chi connectivity index (χ4v) is 2.67. The Bertz CT molecular complexity index is 946. The van der Waals surface area contributed by atoms with E-state index in [0.29, 0.717) is 35.7 Å². The molecular formula is C21H19ClN4O2. The van der Waals surface area contributed by atoms with Crippen LogP contribution in [0.3, 0.4) is 0 Å². The monoisotopic (exact) mass is 394 g/mol. The number of aromatic nitrogens is 2. The number of amides is 2. The van der Waals surface area contributed by atoms with Gasteiger partial charge in [-0.1, -0.05) is 23.7 Å². The van der Waals surface area contributed by atoms with E-state index in [1.807, 2.05) is 36.4 Å². The third-order valence-electron chi connectivity index (χ3n) is 4.08. The van der Waals surface area contributed by atoms with Gasteiger partial charge in [0, 0.05) is 42.9 Å². The molecule has 0 saturated carbocycles. The zero-order valence-corrected chi connectivity index (χ0v) is 15.8. The Morgan fingerprint density at radius 3 is 2.14 bits per heavy atom. The summed E-state index contributed by atoms with van der Waals surface area (Å²) in [6.07, 6.45) is 6.89. The lowest BCUT2D eigenvalue weighted by Gasteiger charge is -2.08. The molecule has 3 aromatic rings. The lowest BCUT2D eigenvalue weighted by molar-refractivity contribution is 0.0950. The van der Waals surface area contributed by atoms with E-state index in [-0.39, 0.29) is 11.8 Å². The van der Waals surface area contributed by atoms with Crippen LogP contribution in [0, 0.1) is 0 Å². The Morgan fingerprint density at radius 1 is 0.821 bits per heavy atom. The first-order valence-electron chi connectivity index (χ1n) is 8.76. The van der Waals surface area contributed by atoms with E-state index in [2.05, 4.69) is 20.6 Å². The Balaban J connectivity index is 1.53. The van der Waals surface area contributed by atoms with Gasteiger partial charge in [-0.2, -0.15) is 0 Å². The second-order valence-corrected chi connectivity index (χ2v) is 6.57. The Hall–Kier alpha value is -3.25. The molecule has 3 rings (SSSR count). The number of pyridine rings is 2. The van der Waals surface area contributed by atoms with Crippen molar-refractivity contribution in [1.29, 1.82) is 0 Å². The van der Waals surface area contributed by atoms with Crippen LogP contribution in [0.2, 0.25) is 5.02 Å². The maximum Gasteiger partial charge on any atom is 0.253 e. The predicted octanol–water partition coefficient (Wildman–Crippen LogP) is 3.03. The number of halogens is 1. The van der Waals surface area contributed by atoms with Crippen LogP contribution in [0.1, 0.15) is 31.8 Å². The zero-order valence-electron chi connectivity index (χ0n) is 15.1. The molecule has 0 bridgehead atoms. The summed E-state index contributed by atoms with van der Waals surface area (Å²) in [6.45, 7) is 0.845. The van der Waals surface area contributed by atoms with Gasteiger partial charge in [-0.15, -0.1) is 0 Å². The summed E-state index contributed by atoms with van der Waals surface area (Å²) in [5, 5.41) is 6.32. The molecule has 28 heavy (non-hydrogen) atoms. The van der Waals surface area contributed by atoms with Crippen molar-refractivity contribution >= 4 is 23.4 Å². The molecule has 7 heteroatoms. The van der Waals surface area contributed by atoms with Gasteiger partial charge >= 0.3 is 0 Å². The third kappa shape index (κ3) is 5.62. The second kappa shape index (κ2) is 9.62. The van der Waals surface area contributed by atoms with Gasteiger partial charge in [0.1, 0.15) is 0 Å². The summed E-state index contributed by atoms with van der Waals surface area (Å²) in [4.78, 5) is 32.6. The first-order chi connectivity index (χ1) is 13.6. The van der Waals surface area contributed by atoms with E-state index >= 15 is 0 Å². The summed E-state index contributed by atoms with van der Waals surface area (Å²) in [6, 6.07) is 12.7. The van der Waals surface area contributed by atoms with Crippen molar-refractivity contribution in [1.82, 2.24) is 20.6 Å². The van der Waals surface area contributed by atoms with E-state index in [1.165, 1.54) is 18.5 Å². The summed E-state index contributed by atoms with van der Waals surface area (Å²) >= 11 is 5.86. The molecule has 2 amide bonds. The standard InChI is InChI=1S/C21H19ClN4O2/c22-19-3-1-15(2-4-19)7-10-25-20(27)17-11-18(14-24-13-17)21(28)26-12-16-5-8-23-9-6-16/h1-6,8-9,11,13-14H,7,10,12H2,(H,25,27)(H,26,28). The smallest absolute Gasteiger partial charge is 0.253 e. The maximum atomic E-state index is 12.3. The van der Waals surface area contributed by atoms with Crippen LogP contribution in [-0.2, 0) is 13.0 Å². The van der Waals surface area contributed by atoms with E-state index in [0.717, 1.165) is 11.1 Å². The van der Waals surface area contributed by atoms with Crippen LogP contribution in [0.15, 0.2) is 67.3 Å². The molecule has 2 aromatic heterocycles. The van der Waals surface area contributed by atoms with E-state index in [4.69, 9.17) is 11.6 Å². The topological polar surface area (TPSA) is 84.0 Å². The number of carbonyl (C=O) groups is 2. The van der Waals surface area contributed by atoms with Gasteiger partial charge in [0.2, 0.25) is 0 Å². The average molecular weight is 395 g/mol. The fraction of sp³-hybridized carbons (Fsp3) is 0.143. The molecule has 2 N–H and O–H groups in total. The minimum atomic E-state index is -0.292. The molecule has 0 aliphatic rings. The zero-order chi connectivity index (χ0) is 19.8. The van der Waals surface area contributed by atoms with E-state index in [1.54, 1.807) is 12.4 Å². The fourth-order valence-electron chi connectivity index (χ4n) is 2.55. The first kappa shape index (κ1) is 19.5. The molecule has 0 unspecified atom stereocenters. The number of nitrogens with zero attached hydrogens (tertiary/aromatic N) is 2. The molecule has 0 aliphatic heterocycles. The van der Waals surface area contributed by atoms with Crippen molar-refractivity contribution in [2.24, 2.45) is 0 Å². The summed E-state index contributed by atoms with van der Waals surface area (Å²) < 4.78 is 0. The van der Waals surface area contributed by atoms with Crippen molar-refractivity contribution in [2.75, 3.05) is 6.54 Å². The van der Waals surface area contributed by atoms with Gasteiger partial charge < -0.3 is 10.6 Å². The van der Waals surface area contributed by atoms with Crippen LogP contribution in [-0.4, -0.2) is 28.3 Å². The quantitative estimate of drug-likeness (QED) is 0.645. The van der Waals surface area contributed by atoms with Crippen molar-refractivity contribution in [3.8, 4) is 0 Å². The van der Waals surface area contributed by atoms with Crippen LogP contribution in [0.4, 0.5) is 0 Å². The van der Waals surface area contributed by atoms with Crippen molar-refractivity contribution < 1.29 is 9.59 Å². The van der Waals surface area contributed by atoms with Gasteiger partial charge in [0.15, 0.2) is 0 Å². The second-order valence-electron chi connectivity index (χ2n) is 6.13. The van der Waals surface area contributed by atoms with E-state index < -0.39 is 0 Å². The largest absolute Gasteiger partial charge is 0.352 e. The minimum absolute atomic E-state index is 0.273. The highest BCUT2D eigenvalue weighted by molar-refractivity contribution is 6.30. The molecule has 0 radical (unpaired) electrons. The molecule has 0 spiro atoms. The molecule has 0 atom stereocenters. The first-order valence-corrected chi connectivity index (χ1v) is 9.14. The normalized spacial score (nSPS) is 10.3. The number of carbonyl (C=O) groups excluding carboxylic acids is 2. The van der Waals surface area contributed by atoms with Gasteiger partial charge in [0.25, 0.3) is 11.8 Å². The highest BCUT2D eigenvalue weighted by atomic mass is 35.5. The Labute approximate surface area is 168 Å². The summed E-state index contributed by atoms with van der Waals surface area (Å²) in [7, 11) is 0. The van der Waals surface area contributed by atoms with Crippen molar-refractivity contribution in [2.45, 2.75) is 13.0 Å². The molecule has 0 fully saturated rings. The molecular weight excluding hydrogens is 376 g/mol. The Kier molecular flexibility index (Phi) is 6.70. The van der Waals surface area contributed by atoms with Gasteiger partial charge in [-0.05, 0) is 47.9 Å². The molecule has 2 heterocycles. The van der Waals surface area contributed by atoms with Crippen LogP contribution >= 0.6 is 11.6 Å². The Morgan fingerprint density at radius 2 is 1.46 bits per heavy atom. The SMILES string of the molecule is O=C(NCCc1ccc(Cl)cc1)c1cncc(C(=O)NCc2ccncc2)c1. The number of benzene rings is 1. The molecule has 0 aliphatic carbocycles. The number of hydrogen-bond donors (Lipinski definition) is 2. The van der Waals surface area contributed by atoms with E-state index in [9.17, 15) is 9.59 Å². The molecule has 6 nitrogen and oxygen atoms in total. The van der Waals surface area contributed by atoms with Crippen molar-refractivity contribution in [3.05, 3.63) is 94.5 Å². The highest BCUT2D eigenvalue weighted by Crippen LogP contribution is 2.10. The van der Waals surface area contributed by atoms with Crippen molar-refractivity contribution in [3.63, 3.8) is 0 Å². The number of rotatable bonds is 7. The van der Waals surface area contributed by atoms with Crippen LogP contribution in [0.25, 0.3) is 0 Å². The van der Waals surface area contributed by atoms with Gasteiger partial charge in [-0.3, -0.25) is 19.6 Å². The molecule has 1 aromatic carbocycles. The lowest BCUT2D eigenvalue weighted by atomic mass is 10.1. The summed E-state index contributed by atoms with van der Waals surface area (Å²) in [5.74, 6) is -0.564. The number of hydrogen-bond acceptors (Lipinski definition) is 4. The highest BCUT2D eigenvalue weighted by Gasteiger charge is 2.11. The van der Waals surface area contributed by atoms with Gasteiger partial charge in [-0.25, -0.2) is 0 Å². The lowest BCUT2D eigenvalue weighted by Crippen LogP contribution is -2.27. The van der Waals surface area contributed by atoms with Crippen LogP contribution in [0.5, 0.6) is 0 Å². The minimum Gasteiger partial charge on any atom is -0.352 e. The summed E-state index contributed by atoms with van der Waals surface area (Å²) in [5.41, 5.74) is 2.69. The van der Waals surface area contributed by atoms with Gasteiger partial charge in [0.05, 0.1) is 11.1 Å². The maximum absolute atomic E-state index is 12.3. The molecule has 0 saturated heterocycles. The molecule has 142 valence electrons. The third-order valence-corrected chi connectivity index (χ3v) is 4.33. The number of nitrogens with one attached hydrogen (secondary N) is 2.